The molecule has 1 aromatic heterocycles. The lowest BCUT2D eigenvalue weighted by Crippen LogP contribution is -2.44. The molecule has 6 rings (SSSR count). The lowest BCUT2D eigenvalue weighted by molar-refractivity contribution is -0.144. The number of benzene rings is 3. The molecule has 1 saturated heterocycles. The Hall–Kier alpha value is -3.97. The van der Waals surface area contributed by atoms with Crippen LogP contribution >= 0.6 is 0 Å². The van der Waals surface area contributed by atoms with Crippen LogP contribution in [0.25, 0.3) is 33.7 Å². The highest BCUT2D eigenvalue weighted by atomic mass is 16.5. The quantitative estimate of drug-likeness (QED) is 0.402. The smallest absolute Gasteiger partial charge is 0.320 e. The largest absolute Gasteiger partial charge is 0.484 e. The molecule has 2 aliphatic heterocycles. The van der Waals surface area contributed by atoms with Gasteiger partial charge in [0.15, 0.2) is 12.2 Å². The second kappa shape index (κ2) is 8.91. The molecule has 3 aromatic carbocycles. The summed E-state index contributed by atoms with van der Waals surface area (Å²) >= 11 is 0. The Balaban J connectivity index is 1.44. The Kier molecular flexibility index (Phi) is 5.57. The van der Waals surface area contributed by atoms with Crippen molar-refractivity contribution in [2.24, 2.45) is 0 Å². The van der Waals surface area contributed by atoms with E-state index in [1.165, 1.54) is 0 Å². The number of fused-ring (bicyclic) bond motifs is 3. The van der Waals surface area contributed by atoms with Gasteiger partial charge in [-0.3, -0.25) is 14.5 Å². The van der Waals surface area contributed by atoms with Gasteiger partial charge < -0.3 is 14.3 Å². The first-order valence-electron chi connectivity index (χ1n) is 12.3. The van der Waals surface area contributed by atoms with Crippen molar-refractivity contribution in [1.82, 2.24) is 9.88 Å². The van der Waals surface area contributed by atoms with Gasteiger partial charge in [0.2, 0.25) is 11.7 Å². The maximum Gasteiger partial charge on any atom is 0.320 e. The number of ether oxygens (including phenoxy) is 1. The van der Waals surface area contributed by atoms with Crippen LogP contribution < -0.4 is 4.74 Å². The first kappa shape index (κ1) is 22.5. The van der Waals surface area contributed by atoms with Gasteiger partial charge in [0.05, 0.1) is 0 Å². The number of likely N-dealkylation sites (tertiary alicyclic amines) is 1. The van der Waals surface area contributed by atoms with Crippen molar-refractivity contribution in [3.63, 3.8) is 0 Å². The van der Waals surface area contributed by atoms with E-state index in [4.69, 9.17) is 14.1 Å². The number of carboxylic acid groups (broad SMARTS) is 1. The van der Waals surface area contributed by atoms with E-state index in [0.717, 1.165) is 40.7 Å². The molecule has 1 fully saturated rings. The monoisotopic (exact) mass is 482 g/mol. The van der Waals surface area contributed by atoms with Crippen molar-refractivity contribution in [3.8, 4) is 28.3 Å². The number of Topliss-reactive ketones (excluding diaryl/α,β-unsaturated/α-hetero) is 1. The predicted molar refractivity (Wildman–Crippen MR) is 135 cm³/mol. The molecule has 7 nitrogen and oxygen atoms in total. The first-order valence-corrected chi connectivity index (χ1v) is 12.3. The van der Waals surface area contributed by atoms with Crippen LogP contribution in [0.2, 0.25) is 0 Å². The summed E-state index contributed by atoms with van der Waals surface area (Å²) in [6.45, 7) is 3.06. The van der Waals surface area contributed by atoms with Crippen LogP contribution in [0.1, 0.15) is 40.7 Å². The number of hydrogen-bond acceptors (Lipinski definition) is 6. The first-order chi connectivity index (χ1) is 17.5. The third-order valence-electron chi connectivity index (χ3n) is 7.26. The Labute approximate surface area is 208 Å². The van der Waals surface area contributed by atoms with Crippen molar-refractivity contribution >= 4 is 22.9 Å². The molecule has 1 unspecified atom stereocenters. The van der Waals surface area contributed by atoms with Crippen LogP contribution in [0.3, 0.4) is 0 Å². The minimum Gasteiger partial charge on any atom is -0.484 e. The SMILES string of the molecule is Cc1c(-c2ccccc2)cccc1-c1nc2cc(CN3CCCCC3C(=O)O)c3c(c2o1)C(=O)CO3. The number of ketones is 1. The fourth-order valence-corrected chi connectivity index (χ4v) is 5.44. The van der Waals surface area contributed by atoms with Crippen molar-refractivity contribution in [2.45, 2.75) is 38.8 Å². The molecule has 2 aliphatic rings. The van der Waals surface area contributed by atoms with E-state index < -0.39 is 12.0 Å². The summed E-state index contributed by atoms with van der Waals surface area (Å²) in [6, 6.07) is 17.5. The Bertz CT molecular complexity index is 1490. The summed E-state index contributed by atoms with van der Waals surface area (Å²) in [7, 11) is 0. The predicted octanol–water partition coefficient (Wildman–Crippen LogP) is 5.48. The lowest BCUT2D eigenvalue weighted by atomic mass is 9.96. The highest BCUT2D eigenvalue weighted by molar-refractivity contribution is 6.11. The van der Waals surface area contributed by atoms with Crippen molar-refractivity contribution in [1.29, 1.82) is 0 Å². The summed E-state index contributed by atoms with van der Waals surface area (Å²) in [4.78, 5) is 31.4. The van der Waals surface area contributed by atoms with Gasteiger partial charge in [0, 0.05) is 17.7 Å². The van der Waals surface area contributed by atoms with Crippen LogP contribution in [0.4, 0.5) is 0 Å². The summed E-state index contributed by atoms with van der Waals surface area (Å²) < 4.78 is 12.0. The maximum absolute atomic E-state index is 12.8. The number of rotatable bonds is 5. The van der Waals surface area contributed by atoms with Crippen LogP contribution in [0.15, 0.2) is 59.0 Å². The Morgan fingerprint density at radius 1 is 1.11 bits per heavy atom. The van der Waals surface area contributed by atoms with Crippen molar-refractivity contribution < 1.29 is 23.8 Å². The summed E-state index contributed by atoms with van der Waals surface area (Å²) in [6.07, 6.45) is 2.46. The Morgan fingerprint density at radius 3 is 2.72 bits per heavy atom. The van der Waals surface area contributed by atoms with E-state index >= 15 is 0 Å². The molecule has 0 bridgehead atoms. The maximum atomic E-state index is 12.8. The summed E-state index contributed by atoms with van der Waals surface area (Å²) in [5, 5.41) is 9.70. The van der Waals surface area contributed by atoms with Crippen LogP contribution in [0, 0.1) is 6.92 Å². The normalized spacial score (nSPS) is 17.8. The molecule has 0 radical (unpaired) electrons. The minimum atomic E-state index is -0.818. The summed E-state index contributed by atoms with van der Waals surface area (Å²) in [5.41, 5.74) is 6.26. The fourth-order valence-electron chi connectivity index (χ4n) is 5.44. The zero-order chi connectivity index (χ0) is 24.8. The molecular formula is C29H26N2O5. The topological polar surface area (TPSA) is 92.9 Å². The van der Waals surface area contributed by atoms with Gasteiger partial charge in [0.1, 0.15) is 22.9 Å². The van der Waals surface area contributed by atoms with E-state index in [2.05, 4.69) is 18.2 Å². The number of oxazole rings is 1. The molecule has 1 N–H and O–H groups in total. The van der Waals surface area contributed by atoms with Gasteiger partial charge in [-0.15, -0.1) is 0 Å². The number of hydrogen-bond donors (Lipinski definition) is 1. The third-order valence-corrected chi connectivity index (χ3v) is 7.26. The number of carboxylic acids is 1. The van der Waals surface area contributed by atoms with Gasteiger partial charge in [-0.1, -0.05) is 48.9 Å². The zero-order valence-electron chi connectivity index (χ0n) is 20.0. The van der Waals surface area contributed by atoms with Gasteiger partial charge in [0.25, 0.3) is 0 Å². The Morgan fingerprint density at radius 2 is 1.92 bits per heavy atom. The molecule has 36 heavy (non-hydrogen) atoms. The molecular weight excluding hydrogens is 456 g/mol. The van der Waals surface area contributed by atoms with Crippen molar-refractivity contribution in [2.75, 3.05) is 13.2 Å². The molecule has 182 valence electrons. The highest BCUT2D eigenvalue weighted by Crippen LogP contribution is 2.40. The molecule has 1 atom stereocenters. The highest BCUT2D eigenvalue weighted by Gasteiger charge is 2.34. The average molecular weight is 483 g/mol. The lowest BCUT2D eigenvalue weighted by Gasteiger charge is -2.33. The zero-order valence-corrected chi connectivity index (χ0v) is 20.0. The molecule has 7 heteroatoms. The van der Waals surface area contributed by atoms with E-state index in [1.54, 1.807) is 0 Å². The van der Waals surface area contributed by atoms with E-state index in [1.807, 2.05) is 48.2 Å². The van der Waals surface area contributed by atoms with Gasteiger partial charge >= 0.3 is 5.97 Å². The van der Waals surface area contributed by atoms with Gasteiger partial charge in [-0.05, 0) is 55.1 Å². The molecule has 0 amide bonds. The van der Waals surface area contributed by atoms with Crippen LogP contribution in [0.5, 0.6) is 5.75 Å². The second-order valence-corrected chi connectivity index (χ2v) is 9.48. The number of nitrogens with zero attached hydrogens (tertiary/aromatic N) is 2. The van der Waals surface area contributed by atoms with E-state index in [0.29, 0.717) is 47.8 Å². The molecule has 0 aliphatic carbocycles. The fraction of sp³-hybridized carbons (Fsp3) is 0.276. The second-order valence-electron chi connectivity index (χ2n) is 9.48. The number of carbonyl (C=O) groups is 2. The van der Waals surface area contributed by atoms with E-state index in [9.17, 15) is 14.7 Å². The van der Waals surface area contributed by atoms with Gasteiger partial charge in [-0.25, -0.2) is 4.98 Å². The number of aromatic nitrogens is 1. The molecule has 0 spiro atoms. The standard InChI is InChI=1S/C29H26N2O5/c1-17-20(18-8-3-2-4-9-18)10-7-11-21(17)28-30-22-14-19(15-31-13-6-5-12-23(31)29(33)34)26-25(27(22)36-28)24(32)16-35-26/h2-4,7-11,14,23H,5-6,12-13,15-16H2,1H3,(H,33,34). The molecule has 0 saturated carbocycles. The van der Waals surface area contributed by atoms with Crippen LogP contribution in [-0.2, 0) is 11.3 Å². The third kappa shape index (κ3) is 3.76. The van der Waals surface area contributed by atoms with Crippen LogP contribution in [-0.4, -0.2) is 45.9 Å². The molecule has 4 aromatic rings. The van der Waals surface area contributed by atoms with E-state index in [-0.39, 0.29) is 12.4 Å². The number of aliphatic carboxylic acids is 1. The van der Waals surface area contributed by atoms with Gasteiger partial charge in [-0.2, -0.15) is 0 Å². The average Bonchev–Trinajstić information content (AvgIpc) is 3.48. The molecule has 3 heterocycles. The number of carbonyl (C=O) groups excluding carboxylic acids is 1. The minimum absolute atomic E-state index is 0.0532. The summed E-state index contributed by atoms with van der Waals surface area (Å²) in [5.74, 6) is -0.0370. The number of piperidine rings is 1. The van der Waals surface area contributed by atoms with Crippen molar-refractivity contribution in [3.05, 3.63) is 71.3 Å².